The minimum atomic E-state index is -0.623. The fourth-order valence-corrected chi connectivity index (χ4v) is 3.32. The molecule has 4 rings (SSSR count). The summed E-state index contributed by atoms with van der Waals surface area (Å²) < 4.78 is 29.7. The molecule has 6 heteroatoms. The Balaban J connectivity index is 1.68. The van der Waals surface area contributed by atoms with Crippen LogP contribution >= 0.6 is 0 Å². The van der Waals surface area contributed by atoms with Gasteiger partial charge in [-0.05, 0) is 31.0 Å². The maximum Gasteiger partial charge on any atom is 0.237 e. The van der Waals surface area contributed by atoms with Gasteiger partial charge in [0.15, 0.2) is 0 Å². The van der Waals surface area contributed by atoms with E-state index >= 15 is 0 Å². The smallest absolute Gasteiger partial charge is 0.237 e. The fourth-order valence-electron chi connectivity index (χ4n) is 3.32. The van der Waals surface area contributed by atoms with Gasteiger partial charge in [0.1, 0.15) is 17.7 Å². The van der Waals surface area contributed by atoms with Gasteiger partial charge in [0.25, 0.3) is 0 Å². The van der Waals surface area contributed by atoms with Crippen molar-refractivity contribution in [3.05, 3.63) is 59.4 Å². The molecule has 0 spiro atoms. The van der Waals surface area contributed by atoms with E-state index in [1.54, 1.807) is 4.90 Å². The number of nitrogens with zero attached hydrogens (tertiary/aromatic N) is 2. The highest BCUT2D eigenvalue weighted by atomic mass is 19.1. The molecule has 1 aliphatic carbocycles. The second-order valence-electron chi connectivity index (χ2n) is 6.44. The Hall–Kier alpha value is -2.21. The zero-order valence-corrected chi connectivity index (χ0v) is 13.2. The quantitative estimate of drug-likeness (QED) is 0.934. The third-order valence-corrected chi connectivity index (χ3v) is 4.74. The van der Waals surface area contributed by atoms with Gasteiger partial charge in [-0.3, -0.25) is 4.79 Å². The molecular formula is C18H19F2N3O. The molecule has 4 nitrogen and oxygen atoms in total. The lowest BCUT2D eigenvalue weighted by molar-refractivity contribution is -0.133. The largest absolute Gasteiger partial charge is 0.348 e. The predicted octanol–water partition coefficient (Wildman–Crippen LogP) is 2.45. The summed E-state index contributed by atoms with van der Waals surface area (Å²) in [4.78, 5) is 14.4. The van der Waals surface area contributed by atoms with Crippen LogP contribution in [0.25, 0.3) is 0 Å². The lowest BCUT2D eigenvalue weighted by atomic mass is 9.99. The first-order valence-electron chi connectivity index (χ1n) is 8.26. The van der Waals surface area contributed by atoms with Crippen molar-refractivity contribution in [2.75, 3.05) is 13.1 Å². The van der Waals surface area contributed by atoms with Crippen LogP contribution in [-0.4, -0.2) is 34.5 Å². The Morgan fingerprint density at radius 1 is 1.21 bits per heavy atom. The number of carbonyl (C=O) groups is 1. The minimum Gasteiger partial charge on any atom is -0.348 e. The van der Waals surface area contributed by atoms with E-state index in [0.29, 0.717) is 24.7 Å². The van der Waals surface area contributed by atoms with Crippen LogP contribution in [0, 0.1) is 11.6 Å². The third-order valence-electron chi connectivity index (χ3n) is 4.74. The molecule has 0 saturated heterocycles. The molecule has 0 radical (unpaired) electrons. The Bertz CT molecular complexity index is 769. The number of rotatable bonds is 4. The topological polar surface area (TPSA) is 37.3 Å². The Morgan fingerprint density at radius 3 is 2.79 bits per heavy atom. The van der Waals surface area contributed by atoms with Gasteiger partial charge in [-0.2, -0.15) is 0 Å². The second-order valence-corrected chi connectivity index (χ2v) is 6.44. The van der Waals surface area contributed by atoms with E-state index in [2.05, 4.69) is 5.32 Å². The lowest BCUT2D eigenvalue weighted by Crippen LogP contribution is -2.46. The molecular weight excluding hydrogens is 312 g/mol. The Kier molecular flexibility index (Phi) is 3.84. The van der Waals surface area contributed by atoms with Gasteiger partial charge < -0.3 is 14.8 Å². The van der Waals surface area contributed by atoms with Crippen LogP contribution in [0.1, 0.15) is 30.1 Å². The van der Waals surface area contributed by atoms with Crippen LogP contribution < -0.4 is 5.32 Å². The zero-order valence-electron chi connectivity index (χ0n) is 13.2. The summed E-state index contributed by atoms with van der Waals surface area (Å²) in [5, 5.41) is 3.22. The number of aromatic nitrogens is 1. The molecule has 126 valence electrons. The van der Waals surface area contributed by atoms with Crippen molar-refractivity contribution in [1.29, 1.82) is 0 Å². The van der Waals surface area contributed by atoms with E-state index in [4.69, 9.17) is 0 Å². The molecule has 1 amide bonds. The number of hydrogen-bond acceptors (Lipinski definition) is 2. The molecule has 24 heavy (non-hydrogen) atoms. The number of carbonyl (C=O) groups excluding carboxylic acids is 1. The Labute approximate surface area is 139 Å². The molecule has 2 aliphatic rings. The molecule has 1 N–H and O–H groups in total. The van der Waals surface area contributed by atoms with Crippen molar-refractivity contribution in [2.45, 2.75) is 31.5 Å². The third kappa shape index (κ3) is 2.82. The second kappa shape index (κ2) is 6.02. The number of hydrogen-bond donors (Lipinski definition) is 1. The highest BCUT2D eigenvalue weighted by Crippen LogP contribution is 2.34. The lowest BCUT2D eigenvalue weighted by Gasteiger charge is -2.37. The predicted molar refractivity (Wildman–Crippen MR) is 85.4 cm³/mol. The molecule has 1 unspecified atom stereocenters. The van der Waals surface area contributed by atoms with Crippen molar-refractivity contribution < 1.29 is 13.6 Å². The van der Waals surface area contributed by atoms with Crippen molar-refractivity contribution in [3.8, 4) is 0 Å². The molecule has 1 fully saturated rings. The van der Waals surface area contributed by atoms with Gasteiger partial charge in [0.2, 0.25) is 5.91 Å². The SMILES string of the molecule is O=C(CNC1CC1)N1CCn2cccc2C1c1ccc(F)cc1F. The average molecular weight is 331 g/mol. The maximum atomic E-state index is 14.4. The van der Waals surface area contributed by atoms with E-state index in [9.17, 15) is 13.6 Å². The molecule has 1 aliphatic heterocycles. The number of amides is 1. The summed E-state index contributed by atoms with van der Waals surface area (Å²) >= 11 is 0. The fraction of sp³-hybridized carbons (Fsp3) is 0.389. The summed E-state index contributed by atoms with van der Waals surface area (Å²) in [7, 11) is 0. The van der Waals surface area contributed by atoms with Crippen molar-refractivity contribution in [2.24, 2.45) is 0 Å². The van der Waals surface area contributed by atoms with Gasteiger partial charge in [-0.15, -0.1) is 0 Å². The normalized spacial score (nSPS) is 20.1. The maximum absolute atomic E-state index is 14.4. The summed E-state index contributed by atoms with van der Waals surface area (Å²) in [6.07, 6.45) is 4.13. The van der Waals surface area contributed by atoms with Gasteiger partial charge in [0, 0.05) is 42.7 Å². The highest BCUT2D eigenvalue weighted by Gasteiger charge is 2.34. The highest BCUT2D eigenvalue weighted by molar-refractivity contribution is 5.79. The molecule has 1 aromatic heterocycles. The van der Waals surface area contributed by atoms with Crippen LogP contribution in [0.4, 0.5) is 8.78 Å². The van der Waals surface area contributed by atoms with E-state index < -0.39 is 17.7 Å². The summed E-state index contributed by atoms with van der Waals surface area (Å²) in [6.45, 7) is 1.44. The molecule has 2 aromatic rings. The van der Waals surface area contributed by atoms with Gasteiger partial charge >= 0.3 is 0 Å². The first-order valence-corrected chi connectivity index (χ1v) is 8.26. The first kappa shape index (κ1) is 15.3. The van der Waals surface area contributed by atoms with Crippen LogP contribution in [0.2, 0.25) is 0 Å². The van der Waals surface area contributed by atoms with E-state index in [1.165, 1.54) is 12.1 Å². The molecule has 2 heterocycles. The summed E-state index contributed by atoms with van der Waals surface area (Å²) in [5.74, 6) is -1.29. The number of benzene rings is 1. The van der Waals surface area contributed by atoms with Crippen LogP contribution in [0.5, 0.6) is 0 Å². The summed E-state index contributed by atoms with van der Waals surface area (Å²) in [6, 6.07) is 7.24. The van der Waals surface area contributed by atoms with Crippen molar-refractivity contribution >= 4 is 5.91 Å². The first-order chi connectivity index (χ1) is 11.6. The number of nitrogens with one attached hydrogen (secondary N) is 1. The number of halogens is 2. The number of fused-ring (bicyclic) bond motifs is 1. The van der Waals surface area contributed by atoms with Crippen LogP contribution in [-0.2, 0) is 11.3 Å². The standard InChI is InChI=1S/C18H19F2N3O/c19-12-3-6-14(15(20)10-12)18-16-2-1-7-22(16)8-9-23(18)17(24)11-21-13-4-5-13/h1-3,6-7,10,13,18,21H,4-5,8-9,11H2. The molecule has 1 saturated carbocycles. The van der Waals surface area contributed by atoms with Crippen molar-refractivity contribution in [3.63, 3.8) is 0 Å². The summed E-state index contributed by atoms with van der Waals surface area (Å²) in [5.41, 5.74) is 1.18. The average Bonchev–Trinajstić information content (AvgIpc) is 3.27. The van der Waals surface area contributed by atoms with Crippen LogP contribution in [0.15, 0.2) is 36.5 Å². The van der Waals surface area contributed by atoms with Gasteiger partial charge in [0.05, 0.1) is 6.54 Å². The monoisotopic (exact) mass is 331 g/mol. The molecule has 1 atom stereocenters. The van der Waals surface area contributed by atoms with Gasteiger partial charge in [-0.1, -0.05) is 6.07 Å². The molecule has 1 aromatic carbocycles. The van der Waals surface area contributed by atoms with E-state index in [0.717, 1.165) is 24.6 Å². The van der Waals surface area contributed by atoms with Gasteiger partial charge in [-0.25, -0.2) is 8.78 Å². The molecule has 0 bridgehead atoms. The van der Waals surface area contributed by atoms with E-state index in [-0.39, 0.29) is 12.5 Å². The van der Waals surface area contributed by atoms with E-state index in [1.807, 2.05) is 22.9 Å². The minimum absolute atomic E-state index is 0.0527. The Morgan fingerprint density at radius 2 is 2.04 bits per heavy atom. The van der Waals surface area contributed by atoms with Crippen molar-refractivity contribution in [1.82, 2.24) is 14.8 Å². The van der Waals surface area contributed by atoms with Crippen LogP contribution in [0.3, 0.4) is 0 Å². The zero-order chi connectivity index (χ0) is 16.7.